The lowest BCUT2D eigenvalue weighted by Crippen LogP contribution is -2.43. The van der Waals surface area contributed by atoms with E-state index in [2.05, 4.69) is 20.8 Å². The maximum absolute atomic E-state index is 12.1. The number of aromatic nitrogens is 4. The van der Waals surface area contributed by atoms with Crippen LogP contribution in [0.3, 0.4) is 0 Å². The molecule has 2 rings (SSSR count). The van der Waals surface area contributed by atoms with Crippen molar-refractivity contribution in [2.75, 3.05) is 12.4 Å². The molecule has 0 aliphatic heterocycles. The molecule has 1 amide bonds. The highest BCUT2D eigenvalue weighted by Gasteiger charge is 2.19. The zero-order chi connectivity index (χ0) is 17.6. The molecule has 1 heterocycles. The van der Waals surface area contributed by atoms with Gasteiger partial charge in [-0.1, -0.05) is 30.8 Å². The molecule has 7 nitrogen and oxygen atoms in total. The van der Waals surface area contributed by atoms with Crippen LogP contribution in [0.5, 0.6) is 5.75 Å². The molecule has 0 spiro atoms. The number of benzene rings is 1. The van der Waals surface area contributed by atoms with Gasteiger partial charge in [-0.25, -0.2) is 0 Å². The van der Waals surface area contributed by atoms with Crippen LogP contribution >= 0.6 is 11.8 Å². The Balaban J connectivity index is 2.10. The van der Waals surface area contributed by atoms with Gasteiger partial charge in [0.15, 0.2) is 0 Å². The number of hydrogen-bond acceptors (Lipinski definition) is 6. The Morgan fingerprint density at radius 1 is 1.33 bits per heavy atom. The highest BCUT2D eigenvalue weighted by Crippen LogP contribution is 2.25. The molecule has 130 valence electrons. The maximum Gasteiger partial charge on any atom is 0.230 e. The fourth-order valence-corrected chi connectivity index (χ4v) is 2.65. The molecule has 1 N–H and O–H groups in total. The Kier molecular flexibility index (Phi) is 6.19. The molecule has 0 saturated heterocycles. The van der Waals surface area contributed by atoms with Crippen LogP contribution in [-0.4, -0.2) is 44.0 Å². The van der Waals surface area contributed by atoms with Gasteiger partial charge in [0, 0.05) is 5.54 Å². The smallest absolute Gasteiger partial charge is 0.230 e. The van der Waals surface area contributed by atoms with E-state index in [4.69, 9.17) is 4.74 Å². The minimum atomic E-state index is -0.217. The minimum Gasteiger partial charge on any atom is -0.492 e. The van der Waals surface area contributed by atoms with E-state index in [-0.39, 0.29) is 17.2 Å². The number of nitrogens with zero attached hydrogens (tertiary/aromatic N) is 4. The number of para-hydroxylation sites is 2. The summed E-state index contributed by atoms with van der Waals surface area (Å²) in [6.45, 7) is 8.51. The summed E-state index contributed by atoms with van der Waals surface area (Å²) in [6, 6.07) is 7.54. The van der Waals surface area contributed by atoms with Crippen LogP contribution in [-0.2, 0) is 4.79 Å². The van der Waals surface area contributed by atoms with E-state index in [1.54, 1.807) is 4.68 Å². The summed E-state index contributed by atoms with van der Waals surface area (Å²) in [6.07, 6.45) is 0.864. The largest absolute Gasteiger partial charge is 0.492 e. The molecule has 0 atom stereocenters. The molecule has 0 fully saturated rings. The number of hydrogen-bond donors (Lipinski definition) is 1. The van der Waals surface area contributed by atoms with E-state index in [1.807, 2.05) is 52.0 Å². The SMILES string of the molecule is CCOc1ccccc1-n1nnnc1SCC(=O)NC(C)(C)CC. The maximum atomic E-state index is 12.1. The van der Waals surface area contributed by atoms with E-state index < -0.39 is 0 Å². The molecule has 0 unspecified atom stereocenters. The number of nitrogens with one attached hydrogen (secondary N) is 1. The molecule has 2 aromatic rings. The summed E-state index contributed by atoms with van der Waals surface area (Å²) >= 11 is 1.29. The second kappa shape index (κ2) is 8.14. The van der Waals surface area contributed by atoms with Crippen LogP contribution in [0.15, 0.2) is 29.4 Å². The Morgan fingerprint density at radius 2 is 2.08 bits per heavy atom. The average molecular weight is 349 g/mol. The van der Waals surface area contributed by atoms with E-state index in [0.717, 1.165) is 12.1 Å². The quantitative estimate of drug-likeness (QED) is 0.737. The summed E-state index contributed by atoms with van der Waals surface area (Å²) in [4.78, 5) is 12.1. The lowest BCUT2D eigenvalue weighted by molar-refractivity contribution is -0.120. The van der Waals surface area contributed by atoms with E-state index in [1.165, 1.54) is 11.8 Å². The summed E-state index contributed by atoms with van der Waals surface area (Å²) in [5, 5.41) is 15.3. The molecule has 1 aromatic carbocycles. The number of tetrazole rings is 1. The zero-order valence-corrected chi connectivity index (χ0v) is 15.3. The Bertz CT molecular complexity index is 687. The molecule has 24 heavy (non-hydrogen) atoms. The number of carbonyl (C=O) groups is 1. The fourth-order valence-electron chi connectivity index (χ4n) is 1.96. The van der Waals surface area contributed by atoms with Crippen molar-refractivity contribution in [3.63, 3.8) is 0 Å². The van der Waals surface area contributed by atoms with Crippen LogP contribution in [0.1, 0.15) is 34.1 Å². The number of rotatable bonds is 8. The van der Waals surface area contributed by atoms with E-state index in [0.29, 0.717) is 17.5 Å². The highest BCUT2D eigenvalue weighted by atomic mass is 32.2. The summed E-state index contributed by atoms with van der Waals surface area (Å²) in [7, 11) is 0. The van der Waals surface area contributed by atoms with Crippen molar-refractivity contribution in [3.05, 3.63) is 24.3 Å². The average Bonchev–Trinajstić information content (AvgIpc) is 3.02. The monoisotopic (exact) mass is 349 g/mol. The normalized spacial score (nSPS) is 11.3. The van der Waals surface area contributed by atoms with Gasteiger partial charge in [0.05, 0.1) is 12.4 Å². The standard InChI is InChI=1S/C16H23N5O2S/c1-5-16(3,4)17-14(22)11-24-15-18-19-20-21(15)12-9-7-8-10-13(12)23-6-2/h7-10H,5-6,11H2,1-4H3,(H,17,22). The minimum absolute atomic E-state index is 0.0421. The zero-order valence-electron chi connectivity index (χ0n) is 14.4. The van der Waals surface area contributed by atoms with Gasteiger partial charge in [-0.2, -0.15) is 4.68 Å². The summed E-state index contributed by atoms with van der Waals surface area (Å²) in [5.74, 6) is 0.908. The highest BCUT2D eigenvalue weighted by molar-refractivity contribution is 7.99. The first-order valence-electron chi connectivity index (χ1n) is 7.91. The molecular weight excluding hydrogens is 326 g/mol. The second-order valence-electron chi connectivity index (χ2n) is 5.85. The lowest BCUT2D eigenvalue weighted by atomic mass is 10.0. The van der Waals surface area contributed by atoms with Crippen molar-refractivity contribution >= 4 is 17.7 Å². The first-order chi connectivity index (χ1) is 11.5. The summed E-state index contributed by atoms with van der Waals surface area (Å²) < 4.78 is 7.21. The van der Waals surface area contributed by atoms with Gasteiger partial charge >= 0.3 is 0 Å². The van der Waals surface area contributed by atoms with Gasteiger partial charge in [-0.05, 0) is 49.8 Å². The Hall–Kier alpha value is -2.09. The van der Waals surface area contributed by atoms with Crippen molar-refractivity contribution in [1.29, 1.82) is 0 Å². The Labute approximate surface area is 146 Å². The molecule has 0 aliphatic rings. The van der Waals surface area contributed by atoms with Gasteiger partial charge in [0.2, 0.25) is 11.1 Å². The van der Waals surface area contributed by atoms with Gasteiger partial charge < -0.3 is 10.1 Å². The van der Waals surface area contributed by atoms with Crippen molar-refractivity contribution in [3.8, 4) is 11.4 Å². The molecule has 0 aliphatic carbocycles. The number of carbonyl (C=O) groups excluding carboxylic acids is 1. The number of amides is 1. The first kappa shape index (κ1) is 18.3. The lowest BCUT2D eigenvalue weighted by Gasteiger charge is -2.24. The van der Waals surface area contributed by atoms with Crippen LogP contribution < -0.4 is 10.1 Å². The molecular formula is C16H23N5O2S. The van der Waals surface area contributed by atoms with Crippen molar-refractivity contribution in [1.82, 2.24) is 25.5 Å². The van der Waals surface area contributed by atoms with E-state index >= 15 is 0 Å². The van der Waals surface area contributed by atoms with E-state index in [9.17, 15) is 4.79 Å². The van der Waals surface area contributed by atoms with Gasteiger partial charge in [-0.3, -0.25) is 4.79 Å². The summed E-state index contributed by atoms with van der Waals surface area (Å²) in [5.41, 5.74) is 0.534. The second-order valence-corrected chi connectivity index (χ2v) is 6.79. The van der Waals surface area contributed by atoms with Crippen molar-refractivity contribution in [2.24, 2.45) is 0 Å². The number of thioether (sulfide) groups is 1. The third-order valence-electron chi connectivity index (χ3n) is 3.53. The molecule has 0 bridgehead atoms. The van der Waals surface area contributed by atoms with Crippen LogP contribution in [0.2, 0.25) is 0 Å². The molecule has 0 radical (unpaired) electrons. The first-order valence-corrected chi connectivity index (χ1v) is 8.89. The van der Waals surface area contributed by atoms with Crippen LogP contribution in [0, 0.1) is 0 Å². The van der Waals surface area contributed by atoms with Gasteiger partial charge in [-0.15, -0.1) is 5.10 Å². The third-order valence-corrected chi connectivity index (χ3v) is 4.45. The molecule has 0 saturated carbocycles. The number of ether oxygens (including phenoxy) is 1. The Morgan fingerprint density at radius 3 is 2.79 bits per heavy atom. The molecule has 1 aromatic heterocycles. The van der Waals surface area contributed by atoms with Crippen molar-refractivity contribution < 1.29 is 9.53 Å². The predicted octanol–water partition coefficient (Wildman–Crippen LogP) is 2.46. The topological polar surface area (TPSA) is 81.9 Å². The predicted molar refractivity (Wildman–Crippen MR) is 93.6 cm³/mol. The van der Waals surface area contributed by atoms with Gasteiger partial charge in [0.1, 0.15) is 11.4 Å². The third kappa shape index (κ3) is 4.70. The van der Waals surface area contributed by atoms with Crippen LogP contribution in [0.25, 0.3) is 5.69 Å². The van der Waals surface area contributed by atoms with Crippen LogP contribution in [0.4, 0.5) is 0 Å². The fraction of sp³-hybridized carbons (Fsp3) is 0.500. The van der Waals surface area contributed by atoms with Gasteiger partial charge in [0.25, 0.3) is 0 Å². The van der Waals surface area contributed by atoms with Crippen molar-refractivity contribution in [2.45, 2.75) is 44.8 Å². The molecule has 8 heteroatoms.